The van der Waals surface area contributed by atoms with Crippen LogP contribution in [0.5, 0.6) is 0 Å². The molecule has 2 unspecified atom stereocenters. The lowest BCUT2D eigenvalue weighted by Crippen LogP contribution is -2.44. The van der Waals surface area contributed by atoms with Crippen molar-refractivity contribution in [3.63, 3.8) is 0 Å². The van der Waals surface area contributed by atoms with Gasteiger partial charge in [-0.2, -0.15) is 0 Å². The maximum Gasteiger partial charge on any atom is 0.385 e. The highest BCUT2D eigenvalue weighted by Crippen LogP contribution is 2.51. The van der Waals surface area contributed by atoms with Crippen molar-refractivity contribution in [2.45, 2.75) is 135 Å². The molecule has 5 heteroatoms. The number of rotatable bonds is 23. The predicted molar refractivity (Wildman–Crippen MR) is 141 cm³/mol. The van der Waals surface area contributed by atoms with Crippen LogP contribution in [0.25, 0.3) is 0 Å². The average Bonchev–Trinajstić information content (AvgIpc) is 2.71. The number of hydrogen-bond donors (Lipinski definition) is 1. The molecule has 0 amide bonds. The van der Waals surface area contributed by atoms with E-state index < -0.39 is 7.60 Å². The summed E-state index contributed by atoms with van der Waals surface area (Å²) in [6.07, 6.45) is 27.4. The van der Waals surface area contributed by atoms with E-state index in [1.165, 1.54) is 96.3 Å². The maximum atomic E-state index is 12.5. The molecule has 0 spiro atoms. The van der Waals surface area contributed by atoms with Gasteiger partial charge in [-0.05, 0) is 25.7 Å². The normalized spacial score (nSPS) is 15.3. The average molecular weight is 475 g/mol. The molecule has 0 aliphatic rings. The van der Waals surface area contributed by atoms with Gasteiger partial charge in [0.15, 0.2) is 5.78 Å². The van der Waals surface area contributed by atoms with Crippen LogP contribution in [-0.2, 0) is 9.09 Å². The van der Waals surface area contributed by atoms with E-state index >= 15 is 0 Å². The van der Waals surface area contributed by atoms with Gasteiger partial charge in [-0.1, -0.05) is 109 Å². The van der Waals surface area contributed by atoms with Crippen molar-refractivity contribution in [3.8, 4) is 0 Å². The Kier molecular flexibility index (Phi) is 20.1. The van der Waals surface area contributed by atoms with Gasteiger partial charge in [0.2, 0.25) is 0 Å². The van der Waals surface area contributed by atoms with Crippen LogP contribution in [0.1, 0.15) is 129 Å². The molecule has 0 bridgehead atoms. The van der Waals surface area contributed by atoms with E-state index in [1.54, 1.807) is 0 Å². The summed E-state index contributed by atoms with van der Waals surface area (Å²) in [5.41, 5.74) is 0. The number of unbranched alkanes of at least 4 members (excludes halogenated alkanes) is 15. The second-order valence-corrected chi connectivity index (χ2v) is 12.4. The van der Waals surface area contributed by atoms with Crippen molar-refractivity contribution >= 4 is 7.60 Å². The van der Waals surface area contributed by atoms with E-state index in [0.717, 1.165) is 12.8 Å². The Morgan fingerprint density at radius 2 is 1.12 bits per heavy atom. The van der Waals surface area contributed by atoms with E-state index in [4.69, 9.17) is 4.52 Å². The third kappa shape index (κ3) is 18.3. The summed E-state index contributed by atoms with van der Waals surface area (Å²) in [6.45, 7) is 4.56. The predicted octanol–water partition coefficient (Wildman–Crippen LogP) is 8.84. The minimum atomic E-state index is -3.55. The van der Waals surface area contributed by atoms with Gasteiger partial charge >= 0.3 is 7.60 Å². The van der Waals surface area contributed by atoms with Gasteiger partial charge in [0.1, 0.15) is 0 Å². The maximum absolute atomic E-state index is 12.5. The molecule has 32 heavy (non-hydrogen) atoms. The first-order valence-electron chi connectivity index (χ1n) is 13.7. The molecule has 2 atom stereocenters. The van der Waals surface area contributed by atoms with Crippen LogP contribution in [0, 0.1) is 0 Å². The Morgan fingerprint density at radius 1 is 0.719 bits per heavy atom. The molecule has 0 aliphatic carbocycles. The quantitative estimate of drug-likeness (QED) is 0.0696. The lowest BCUT2D eigenvalue weighted by molar-refractivity contribution is -0.883. The third-order valence-corrected chi connectivity index (χ3v) is 8.69. The van der Waals surface area contributed by atoms with Crippen molar-refractivity contribution in [1.82, 2.24) is 0 Å². The van der Waals surface area contributed by atoms with Gasteiger partial charge in [0, 0.05) is 6.42 Å². The molecule has 0 aliphatic heterocycles. The van der Waals surface area contributed by atoms with Gasteiger partial charge in [-0.15, -0.1) is 0 Å². The Balaban J connectivity index is 3.40. The zero-order valence-electron chi connectivity index (χ0n) is 22.3. The molecule has 0 heterocycles. The summed E-state index contributed by atoms with van der Waals surface area (Å²) >= 11 is 0. The van der Waals surface area contributed by atoms with E-state index in [0.29, 0.717) is 17.5 Å². The molecule has 1 N–H and O–H groups in total. The Hall–Kier alpha value is -0.150. The minimum Gasteiger partial charge on any atom is -0.320 e. The van der Waals surface area contributed by atoms with E-state index in [1.807, 2.05) is 28.1 Å². The Morgan fingerprint density at radius 3 is 1.50 bits per heavy atom. The van der Waals surface area contributed by atoms with Gasteiger partial charge in [0.05, 0.1) is 27.7 Å². The minimum absolute atomic E-state index is 0.347. The summed E-state index contributed by atoms with van der Waals surface area (Å²) in [4.78, 5) is 10.3. The molecule has 192 valence electrons. The number of quaternary nitrogens is 1. The molecule has 0 fully saturated rings. The first kappa shape index (κ1) is 31.9. The zero-order chi connectivity index (χ0) is 24.1. The van der Waals surface area contributed by atoms with Gasteiger partial charge < -0.3 is 13.9 Å². The summed E-state index contributed by atoms with van der Waals surface area (Å²) in [5, 5.41) is 0. The molecule has 0 rings (SSSR count). The van der Waals surface area contributed by atoms with Crippen LogP contribution < -0.4 is 0 Å². The fourth-order valence-corrected chi connectivity index (χ4v) is 6.34. The topological polar surface area (TPSA) is 46.5 Å². The second kappa shape index (κ2) is 20.2. The molecule has 0 saturated heterocycles. The molecule has 0 aromatic heterocycles. The Bertz CT molecular complexity index is 488. The summed E-state index contributed by atoms with van der Waals surface area (Å²) in [7, 11) is 2.31. The van der Waals surface area contributed by atoms with Gasteiger partial charge in [0.25, 0.3) is 0 Å². The van der Waals surface area contributed by atoms with Gasteiger partial charge in [-0.25, -0.2) is 0 Å². The highest BCUT2D eigenvalue weighted by atomic mass is 31.2. The first-order valence-corrected chi connectivity index (χ1v) is 15.3. The lowest BCUT2D eigenvalue weighted by atomic mass is 10.0. The standard InChI is InChI=1S/C27H56NO3P/c1-6-8-9-10-11-12-13-14-15-16-17-18-19-20-21-22-23-24-25-26-31-32(29,30)27(7-2)28(3,4)5/h8-9,27H,6-7,10-26H2,1-5H3/p+1. The second-order valence-electron chi connectivity index (χ2n) is 10.4. The van der Waals surface area contributed by atoms with E-state index in [-0.39, 0.29) is 5.78 Å². The van der Waals surface area contributed by atoms with Crippen molar-refractivity contribution < 1.29 is 18.5 Å². The SMILES string of the molecule is CCC=CCCCCCCCCCCCCCCCCCOP(=O)(O)C(CC)[N+](C)(C)C. The van der Waals surface area contributed by atoms with Crippen molar-refractivity contribution in [2.75, 3.05) is 27.7 Å². The Labute approximate surface area is 201 Å². The molecule has 4 nitrogen and oxygen atoms in total. The van der Waals surface area contributed by atoms with Crippen molar-refractivity contribution in [1.29, 1.82) is 0 Å². The largest absolute Gasteiger partial charge is 0.385 e. The molecule has 0 saturated carbocycles. The third-order valence-electron chi connectivity index (χ3n) is 6.33. The molecule has 0 aromatic rings. The number of nitrogens with zero attached hydrogens (tertiary/aromatic N) is 1. The fraction of sp³-hybridized carbons (Fsp3) is 0.926. The van der Waals surface area contributed by atoms with Crippen LogP contribution in [0.3, 0.4) is 0 Å². The highest BCUT2D eigenvalue weighted by Gasteiger charge is 2.41. The highest BCUT2D eigenvalue weighted by molar-refractivity contribution is 7.53. The monoisotopic (exact) mass is 474 g/mol. The zero-order valence-corrected chi connectivity index (χ0v) is 23.2. The first-order chi connectivity index (χ1) is 15.3. The number of allylic oxidation sites excluding steroid dienone is 2. The van der Waals surface area contributed by atoms with Crippen LogP contribution in [0.4, 0.5) is 0 Å². The van der Waals surface area contributed by atoms with Crippen molar-refractivity contribution in [2.24, 2.45) is 0 Å². The van der Waals surface area contributed by atoms with Crippen LogP contribution >= 0.6 is 7.60 Å². The molecule has 0 aromatic carbocycles. The molecular weight excluding hydrogens is 417 g/mol. The molecule has 0 radical (unpaired) electrons. The van der Waals surface area contributed by atoms with Gasteiger partial charge in [-0.3, -0.25) is 4.57 Å². The summed E-state index contributed by atoms with van der Waals surface area (Å²) < 4.78 is 18.4. The van der Waals surface area contributed by atoms with E-state index in [9.17, 15) is 9.46 Å². The lowest BCUT2D eigenvalue weighted by Gasteiger charge is -2.35. The van der Waals surface area contributed by atoms with Crippen molar-refractivity contribution in [3.05, 3.63) is 12.2 Å². The fourth-order valence-electron chi connectivity index (χ4n) is 4.44. The van der Waals surface area contributed by atoms with Crippen LogP contribution in [0.15, 0.2) is 12.2 Å². The summed E-state index contributed by atoms with van der Waals surface area (Å²) in [6, 6.07) is 0. The number of hydrogen-bond acceptors (Lipinski definition) is 2. The van der Waals surface area contributed by atoms with Crippen LogP contribution in [-0.4, -0.2) is 42.9 Å². The smallest absolute Gasteiger partial charge is 0.320 e. The van der Waals surface area contributed by atoms with Crippen LogP contribution in [0.2, 0.25) is 0 Å². The van der Waals surface area contributed by atoms with E-state index in [2.05, 4.69) is 19.1 Å². The summed E-state index contributed by atoms with van der Waals surface area (Å²) in [5.74, 6) is -0.347. The molecular formula is C27H57NO3P+.